The maximum atomic E-state index is 11.8. The predicted molar refractivity (Wildman–Crippen MR) is 96.7 cm³/mol. The lowest BCUT2D eigenvalue weighted by Gasteiger charge is -2.44. The van der Waals surface area contributed by atoms with Gasteiger partial charge >= 0.3 is 5.97 Å². The van der Waals surface area contributed by atoms with E-state index in [1.165, 1.54) is 18.9 Å². The van der Waals surface area contributed by atoms with Gasteiger partial charge in [-0.1, -0.05) is 26.0 Å². The molecule has 0 aromatic heterocycles. The van der Waals surface area contributed by atoms with E-state index in [2.05, 4.69) is 26.0 Å². The highest BCUT2D eigenvalue weighted by atomic mass is 16.5. The zero-order valence-electron chi connectivity index (χ0n) is 15.7. The Morgan fingerprint density at radius 1 is 1.24 bits per heavy atom. The molecule has 0 amide bonds. The van der Waals surface area contributed by atoms with Crippen LogP contribution in [0, 0.1) is 35.0 Å². The molecule has 136 valence electrons. The number of ketones is 1. The van der Waals surface area contributed by atoms with Crippen LogP contribution in [0.2, 0.25) is 0 Å². The second-order valence-electron chi connectivity index (χ2n) is 9.07. The molecule has 0 aromatic carbocycles. The van der Waals surface area contributed by atoms with Crippen LogP contribution in [0.25, 0.3) is 0 Å². The zero-order valence-corrected chi connectivity index (χ0v) is 15.7. The average molecular weight is 342 g/mol. The Kier molecular flexibility index (Phi) is 4.16. The van der Waals surface area contributed by atoms with E-state index in [1.807, 2.05) is 6.08 Å². The molecule has 4 rings (SSSR count). The second-order valence-corrected chi connectivity index (χ2v) is 9.07. The molecule has 4 aliphatic carbocycles. The van der Waals surface area contributed by atoms with Crippen molar-refractivity contribution in [2.45, 2.75) is 65.4 Å². The standard InChI is InChI=1S/C22H30O3/c1-13-10-11-22(3)19(8-9-20(22)25-14(2)23)18-6-4-15-12-16(24)5-7-17(15)21(13)18/h4,6,12-13,17-21H,5,7-11H2,1-3H3/t13-,17?,18-,19-,20-,21-,22-/m0/s1. The Morgan fingerprint density at radius 2 is 2.04 bits per heavy atom. The SMILES string of the molecule is CC(=O)O[C@H]1CC[C@H]2[C@@H]3C=CC4=CC(=O)CCC4[C@@H]3[C@@H](C)CC[C@]12C. The fraction of sp³-hybridized carbons (Fsp3) is 0.727. The topological polar surface area (TPSA) is 43.4 Å². The van der Waals surface area contributed by atoms with Gasteiger partial charge in [0.1, 0.15) is 6.10 Å². The number of hydrogen-bond acceptors (Lipinski definition) is 3. The van der Waals surface area contributed by atoms with Crippen molar-refractivity contribution in [3.05, 3.63) is 23.8 Å². The minimum absolute atomic E-state index is 0.0687. The molecule has 0 aliphatic heterocycles. The number of fused-ring (bicyclic) bond motifs is 5. The third kappa shape index (κ3) is 2.71. The summed E-state index contributed by atoms with van der Waals surface area (Å²) in [6.45, 7) is 6.29. The molecule has 2 saturated carbocycles. The summed E-state index contributed by atoms with van der Waals surface area (Å²) in [6, 6.07) is 0. The van der Waals surface area contributed by atoms with Gasteiger partial charge in [0.25, 0.3) is 0 Å². The van der Waals surface area contributed by atoms with E-state index >= 15 is 0 Å². The molecule has 3 heteroatoms. The van der Waals surface area contributed by atoms with E-state index in [9.17, 15) is 9.59 Å². The van der Waals surface area contributed by atoms with Crippen molar-refractivity contribution in [1.82, 2.24) is 0 Å². The maximum absolute atomic E-state index is 11.8. The Hall–Kier alpha value is -1.38. The van der Waals surface area contributed by atoms with Crippen molar-refractivity contribution in [3.8, 4) is 0 Å². The van der Waals surface area contributed by atoms with E-state index < -0.39 is 0 Å². The number of allylic oxidation sites excluding steroid dienone is 4. The predicted octanol–water partition coefficient (Wildman–Crippen LogP) is 4.47. The van der Waals surface area contributed by atoms with Crippen molar-refractivity contribution in [3.63, 3.8) is 0 Å². The van der Waals surface area contributed by atoms with Crippen LogP contribution in [0.5, 0.6) is 0 Å². The van der Waals surface area contributed by atoms with Gasteiger partial charge in [-0.2, -0.15) is 0 Å². The highest BCUT2D eigenvalue weighted by Gasteiger charge is 2.56. The van der Waals surface area contributed by atoms with Crippen molar-refractivity contribution in [2.24, 2.45) is 35.0 Å². The van der Waals surface area contributed by atoms with E-state index in [0.29, 0.717) is 36.0 Å². The molecule has 0 spiro atoms. The number of ether oxygens (including phenoxy) is 1. The molecule has 0 N–H and O–H groups in total. The average Bonchev–Trinajstić information content (AvgIpc) is 2.82. The highest BCUT2D eigenvalue weighted by molar-refractivity contribution is 5.91. The summed E-state index contributed by atoms with van der Waals surface area (Å²) in [5.41, 5.74) is 1.36. The minimum Gasteiger partial charge on any atom is -0.462 e. The van der Waals surface area contributed by atoms with Crippen LogP contribution in [-0.2, 0) is 14.3 Å². The Bertz CT molecular complexity index is 646. The lowest BCUT2D eigenvalue weighted by Crippen LogP contribution is -2.41. The Labute approximate surface area is 150 Å². The van der Waals surface area contributed by atoms with Crippen LogP contribution >= 0.6 is 0 Å². The van der Waals surface area contributed by atoms with Crippen LogP contribution in [0.4, 0.5) is 0 Å². The van der Waals surface area contributed by atoms with Crippen LogP contribution in [-0.4, -0.2) is 17.9 Å². The lowest BCUT2D eigenvalue weighted by atomic mass is 9.60. The van der Waals surface area contributed by atoms with Gasteiger partial charge in [0.05, 0.1) is 0 Å². The minimum atomic E-state index is -0.143. The van der Waals surface area contributed by atoms with Gasteiger partial charge in [-0.25, -0.2) is 0 Å². The van der Waals surface area contributed by atoms with Gasteiger partial charge in [-0.3, -0.25) is 9.59 Å². The van der Waals surface area contributed by atoms with Crippen molar-refractivity contribution in [2.75, 3.05) is 0 Å². The van der Waals surface area contributed by atoms with E-state index in [1.54, 1.807) is 0 Å². The summed E-state index contributed by atoms with van der Waals surface area (Å²) < 4.78 is 5.76. The number of rotatable bonds is 1. The van der Waals surface area contributed by atoms with Crippen molar-refractivity contribution >= 4 is 11.8 Å². The monoisotopic (exact) mass is 342 g/mol. The molecular weight excluding hydrogens is 312 g/mol. The van der Waals surface area contributed by atoms with Gasteiger partial charge in [-0.15, -0.1) is 0 Å². The van der Waals surface area contributed by atoms with Gasteiger partial charge in [0.2, 0.25) is 0 Å². The molecule has 25 heavy (non-hydrogen) atoms. The van der Waals surface area contributed by atoms with Crippen LogP contribution in [0.1, 0.15) is 59.3 Å². The van der Waals surface area contributed by atoms with Crippen LogP contribution in [0.15, 0.2) is 23.8 Å². The Morgan fingerprint density at radius 3 is 2.80 bits per heavy atom. The fourth-order valence-electron chi connectivity index (χ4n) is 6.55. The van der Waals surface area contributed by atoms with Crippen LogP contribution in [0.3, 0.4) is 0 Å². The van der Waals surface area contributed by atoms with Crippen LogP contribution < -0.4 is 0 Å². The summed E-state index contributed by atoms with van der Waals surface area (Å²) in [5, 5.41) is 0. The molecule has 3 nitrogen and oxygen atoms in total. The molecule has 0 saturated heterocycles. The van der Waals surface area contributed by atoms with E-state index in [4.69, 9.17) is 4.74 Å². The number of carbonyl (C=O) groups is 2. The molecule has 4 aliphatic rings. The Balaban J connectivity index is 1.70. The number of hydrogen-bond donors (Lipinski definition) is 0. The second kappa shape index (κ2) is 6.10. The first-order valence-corrected chi connectivity index (χ1v) is 10.00. The van der Waals surface area contributed by atoms with E-state index in [0.717, 1.165) is 25.7 Å². The van der Waals surface area contributed by atoms with Gasteiger partial charge in [0, 0.05) is 18.8 Å². The first-order chi connectivity index (χ1) is 11.9. The highest BCUT2D eigenvalue weighted by Crippen LogP contribution is 2.60. The summed E-state index contributed by atoms with van der Waals surface area (Å²) in [4.78, 5) is 23.4. The van der Waals surface area contributed by atoms with Gasteiger partial charge in [0.15, 0.2) is 5.78 Å². The summed E-state index contributed by atoms with van der Waals surface area (Å²) in [7, 11) is 0. The number of carbonyl (C=O) groups excluding carboxylic acids is 2. The van der Waals surface area contributed by atoms with Crippen molar-refractivity contribution in [1.29, 1.82) is 0 Å². The molecular formula is C22H30O3. The van der Waals surface area contributed by atoms with Crippen molar-refractivity contribution < 1.29 is 14.3 Å². The largest absolute Gasteiger partial charge is 0.462 e. The summed E-state index contributed by atoms with van der Waals surface area (Å²) in [5.74, 6) is 3.11. The molecule has 0 aromatic rings. The molecule has 0 heterocycles. The molecule has 7 atom stereocenters. The summed E-state index contributed by atoms with van der Waals surface area (Å²) >= 11 is 0. The normalized spacial score (nSPS) is 45.7. The molecule has 2 fully saturated rings. The smallest absolute Gasteiger partial charge is 0.302 e. The van der Waals surface area contributed by atoms with E-state index in [-0.39, 0.29) is 23.3 Å². The first-order valence-electron chi connectivity index (χ1n) is 10.00. The first kappa shape index (κ1) is 17.1. The fourth-order valence-corrected chi connectivity index (χ4v) is 6.55. The maximum Gasteiger partial charge on any atom is 0.302 e. The lowest BCUT2D eigenvalue weighted by molar-refractivity contribution is -0.153. The number of esters is 1. The van der Waals surface area contributed by atoms with Gasteiger partial charge in [-0.05, 0) is 73.3 Å². The third-order valence-corrected chi connectivity index (χ3v) is 7.77. The zero-order chi connectivity index (χ0) is 17.8. The summed E-state index contributed by atoms with van der Waals surface area (Å²) in [6.07, 6.45) is 12.8. The third-order valence-electron chi connectivity index (χ3n) is 7.77. The molecule has 0 bridgehead atoms. The molecule has 1 unspecified atom stereocenters. The van der Waals surface area contributed by atoms with Gasteiger partial charge < -0.3 is 4.74 Å². The molecule has 0 radical (unpaired) electrons. The quantitative estimate of drug-likeness (QED) is 0.660.